The van der Waals surface area contributed by atoms with Gasteiger partial charge in [-0.1, -0.05) is 0 Å². The van der Waals surface area contributed by atoms with Crippen molar-refractivity contribution in [3.63, 3.8) is 0 Å². The lowest BCUT2D eigenvalue weighted by Gasteiger charge is -2.26. The van der Waals surface area contributed by atoms with Gasteiger partial charge in [-0.05, 0) is 0 Å². The maximum absolute atomic E-state index is 12.1. The van der Waals surface area contributed by atoms with Gasteiger partial charge in [0, 0.05) is 59.7 Å². The number of aromatic nitrogens is 1. The predicted molar refractivity (Wildman–Crippen MR) is 80.7 cm³/mol. The Hall–Kier alpha value is -2.09. The molecule has 8 heteroatoms. The van der Waals surface area contributed by atoms with E-state index < -0.39 is 11.4 Å². The Bertz CT molecular complexity index is 629. The monoisotopic (exact) mass is 322 g/mol. The van der Waals surface area contributed by atoms with E-state index in [1.54, 1.807) is 32.2 Å². The summed E-state index contributed by atoms with van der Waals surface area (Å²) in [6, 6.07) is -0.126. The van der Waals surface area contributed by atoms with Crippen molar-refractivity contribution >= 4 is 12.0 Å². The zero-order valence-corrected chi connectivity index (χ0v) is 13.7. The molecule has 2 saturated heterocycles. The lowest BCUT2D eigenvalue weighted by atomic mass is 9.81. The molecule has 2 atom stereocenters. The highest BCUT2D eigenvalue weighted by Crippen LogP contribution is 2.43. The summed E-state index contributed by atoms with van der Waals surface area (Å²) in [6.45, 7) is 4.18. The molecule has 0 radical (unpaired) electrons. The van der Waals surface area contributed by atoms with Crippen LogP contribution in [0.3, 0.4) is 0 Å². The van der Waals surface area contributed by atoms with Crippen LogP contribution in [0.4, 0.5) is 4.79 Å². The molecule has 0 unspecified atom stereocenters. The third-order valence-corrected chi connectivity index (χ3v) is 4.81. The number of hydrogen-bond acceptors (Lipinski definition) is 5. The predicted octanol–water partition coefficient (Wildman–Crippen LogP) is 0.483. The summed E-state index contributed by atoms with van der Waals surface area (Å²) in [5.74, 6) is -0.276. The highest BCUT2D eigenvalue weighted by atomic mass is 16.4. The van der Waals surface area contributed by atoms with Crippen LogP contribution in [-0.2, 0) is 11.3 Å². The van der Waals surface area contributed by atoms with E-state index in [0.29, 0.717) is 32.1 Å². The van der Waals surface area contributed by atoms with Crippen molar-refractivity contribution in [2.75, 3.05) is 40.3 Å². The van der Waals surface area contributed by atoms with E-state index in [1.165, 1.54) is 4.90 Å². The first-order valence-corrected chi connectivity index (χ1v) is 7.65. The fraction of sp³-hybridized carbons (Fsp3) is 0.667. The Morgan fingerprint density at radius 3 is 2.70 bits per heavy atom. The van der Waals surface area contributed by atoms with Crippen LogP contribution < -0.4 is 0 Å². The molecule has 1 N–H and O–H groups in total. The van der Waals surface area contributed by atoms with E-state index in [0.717, 1.165) is 5.69 Å². The quantitative estimate of drug-likeness (QED) is 0.871. The van der Waals surface area contributed by atoms with E-state index in [1.807, 2.05) is 0 Å². The Labute approximate surface area is 134 Å². The highest BCUT2D eigenvalue weighted by molar-refractivity contribution is 5.80. The summed E-state index contributed by atoms with van der Waals surface area (Å²) in [5, 5.41) is 9.79. The van der Waals surface area contributed by atoms with E-state index in [9.17, 15) is 14.7 Å². The first-order chi connectivity index (χ1) is 10.8. The molecule has 0 aliphatic carbocycles. The molecule has 23 heavy (non-hydrogen) atoms. The SMILES string of the molecule is Cc1nc(CN2C[C@H]3CN(C(=O)N(C)C)C[C@@]3(C(=O)O)C2)co1. The molecule has 0 aromatic carbocycles. The third-order valence-electron chi connectivity index (χ3n) is 4.81. The number of rotatable bonds is 3. The highest BCUT2D eigenvalue weighted by Gasteiger charge is 2.58. The average molecular weight is 322 g/mol. The molecule has 126 valence electrons. The minimum absolute atomic E-state index is 0.0584. The number of oxazole rings is 1. The largest absolute Gasteiger partial charge is 0.481 e. The van der Waals surface area contributed by atoms with Crippen LogP contribution in [0.5, 0.6) is 0 Å². The van der Waals surface area contributed by atoms with Crippen LogP contribution in [-0.4, -0.2) is 77.1 Å². The van der Waals surface area contributed by atoms with Crippen molar-refractivity contribution in [1.29, 1.82) is 0 Å². The molecule has 1 aromatic heterocycles. The summed E-state index contributed by atoms with van der Waals surface area (Å²) in [5.41, 5.74) is -0.0750. The second kappa shape index (κ2) is 5.52. The molecule has 0 spiro atoms. The number of fused-ring (bicyclic) bond motifs is 1. The lowest BCUT2D eigenvalue weighted by Crippen LogP contribution is -2.44. The number of aryl methyl sites for hydroxylation is 1. The lowest BCUT2D eigenvalue weighted by molar-refractivity contribution is -0.148. The summed E-state index contributed by atoms with van der Waals surface area (Å²) >= 11 is 0. The van der Waals surface area contributed by atoms with Gasteiger partial charge < -0.3 is 19.3 Å². The number of amides is 2. The van der Waals surface area contributed by atoms with Crippen molar-refractivity contribution in [2.45, 2.75) is 13.5 Å². The van der Waals surface area contributed by atoms with Crippen LogP contribution >= 0.6 is 0 Å². The van der Waals surface area contributed by atoms with Gasteiger partial charge in [-0.25, -0.2) is 9.78 Å². The van der Waals surface area contributed by atoms with Crippen LogP contribution in [0, 0.1) is 18.3 Å². The second-order valence-electron chi connectivity index (χ2n) is 6.74. The first kappa shape index (κ1) is 15.8. The van der Waals surface area contributed by atoms with Gasteiger partial charge in [0.15, 0.2) is 5.89 Å². The second-order valence-corrected chi connectivity index (χ2v) is 6.74. The van der Waals surface area contributed by atoms with Gasteiger partial charge in [0.05, 0.1) is 5.69 Å². The molecular weight excluding hydrogens is 300 g/mol. The molecule has 1 aromatic rings. The molecular formula is C15H22N4O4. The van der Waals surface area contributed by atoms with Gasteiger partial charge in [0.1, 0.15) is 11.7 Å². The van der Waals surface area contributed by atoms with Gasteiger partial charge >= 0.3 is 12.0 Å². The van der Waals surface area contributed by atoms with Crippen molar-refractivity contribution in [2.24, 2.45) is 11.3 Å². The van der Waals surface area contributed by atoms with Crippen molar-refractivity contribution in [3.8, 4) is 0 Å². The van der Waals surface area contributed by atoms with E-state index in [-0.39, 0.29) is 18.5 Å². The number of urea groups is 1. The number of carbonyl (C=O) groups excluding carboxylic acids is 1. The van der Waals surface area contributed by atoms with Gasteiger partial charge in [-0.15, -0.1) is 0 Å². The van der Waals surface area contributed by atoms with Gasteiger partial charge in [-0.3, -0.25) is 9.69 Å². The molecule has 8 nitrogen and oxygen atoms in total. The smallest absolute Gasteiger partial charge is 0.319 e. The van der Waals surface area contributed by atoms with E-state index in [4.69, 9.17) is 4.42 Å². The summed E-state index contributed by atoms with van der Waals surface area (Å²) in [4.78, 5) is 33.6. The number of carboxylic acid groups (broad SMARTS) is 1. The molecule has 0 bridgehead atoms. The molecule has 2 aliphatic heterocycles. The Balaban J connectivity index is 1.73. The number of nitrogens with zero attached hydrogens (tertiary/aromatic N) is 4. The van der Waals surface area contributed by atoms with Crippen LogP contribution in [0.25, 0.3) is 0 Å². The number of aliphatic carboxylic acids is 1. The fourth-order valence-electron chi connectivity index (χ4n) is 3.73. The molecule has 2 amide bonds. The fourth-order valence-corrected chi connectivity index (χ4v) is 3.73. The standard InChI is InChI=1S/C15H22N4O4/c1-10-16-12(7-23-10)6-18-4-11-5-19(14(22)17(2)3)9-15(11,8-18)13(20)21/h7,11H,4-6,8-9H2,1-3H3,(H,20,21)/t11-,15-/m0/s1. The zero-order chi connectivity index (χ0) is 16.8. The number of hydrogen-bond donors (Lipinski definition) is 1. The topological polar surface area (TPSA) is 90.1 Å². The number of carboxylic acids is 1. The number of carbonyl (C=O) groups is 2. The van der Waals surface area contributed by atoms with Gasteiger partial charge in [0.25, 0.3) is 0 Å². The van der Waals surface area contributed by atoms with E-state index in [2.05, 4.69) is 9.88 Å². The molecule has 0 saturated carbocycles. The first-order valence-electron chi connectivity index (χ1n) is 7.65. The maximum atomic E-state index is 12.1. The van der Waals surface area contributed by atoms with Gasteiger partial charge in [-0.2, -0.15) is 0 Å². The average Bonchev–Trinajstić information content (AvgIpc) is 3.11. The maximum Gasteiger partial charge on any atom is 0.319 e. The zero-order valence-electron chi connectivity index (χ0n) is 13.7. The Morgan fingerprint density at radius 1 is 1.43 bits per heavy atom. The van der Waals surface area contributed by atoms with Crippen LogP contribution in [0.1, 0.15) is 11.6 Å². The molecule has 3 rings (SSSR count). The molecule has 3 heterocycles. The Morgan fingerprint density at radius 2 is 2.17 bits per heavy atom. The number of likely N-dealkylation sites (tertiary alicyclic amines) is 2. The van der Waals surface area contributed by atoms with Crippen LogP contribution in [0.15, 0.2) is 10.7 Å². The molecule has 2 fully saturated rings. The van der Waals surface area contributed by atoms with E-state index >= 15 is 0 Å². The van der Waals surface area contributed by atoms with Crippen LogP contribution in [0.2, 0.25) is 0 Å². The normalized spacial score (nSPS) is 27.3. The van der Waals surface area contributed by atoms with Crippen molar-refractivity contribution in [1.82, 2.24) is 19.7 Å². The Kier molecular flexibility index (Phi) is 3.79. The third kappa shape index (κ3) is 2.67. The molecule has 2 aliphatic rings. The van der Waals surface area contributed by atoms with Crippen molar-refractivity contribution in [3.05, 3.63) is 17.8 Å². The summed E-state index contributed by atoms with van der Waals surface area (Å²) < 4.78 is 5.20. The minimum Gasteiger partial charge on any atom is -0.481 e. The minimum atomic E-state index is -0.884. The summed E-state index contributed by atoms with van der Waals surface area (Å²) in [6.07, 6.45) is 1.61. The van der Waals surface area contributed by atoms with Crippen molar-refractivity contribution < 1.29 is 19.1 Å². The summed E-state index contributed by atoms with van der Waals surface area (Å²) in [7, 11) is 3.37. The van der Waals surface area contributed by atoms with Gasteiger partial charge in [0.2, 0.25) is 0 Å².